The highest BCUT2D eigenvalue weighted by Gasteiger charge is 2.61. The SMILES string of the molecule is OCC1C(O)c2ccccc2C12OCC(O)C(O)C2O. The number of hydrogen-bond donors (Lipinski definition) is 5. The van der Waals surface area contributed by atoms with Gasteiger partial charge in [-0.1, -0.05) is 24.3 Å². The first-order valence-electron chi connectivity index (χ1n) is 6.60. The fourth-order valence-corrected chi connectivity index (χ4v) is 3.43. The van der Waals surface area contributed by atoms with Gasteiger partial charge in [-0.3, -0.25) is 0 Å². The van der Waals surface area contributed by atoms with Gasteiger partial charge in [0.2, 0.25) is 0 Å². The molecule has 1 aliphatic heterocycles. The average Bonchev–Trinajstić information content (AvgIpc) is 2.71. The maximum Gasteiger partial charge on any atom is 0.130 e. The molecular formula is C14H18O6. The van der Waals surface area contributed by atoms with Crippen LogP contribution in [0.25, 0.3) is 0 Å². The number of hydrogen-bond acceptors (Lipinski definition) is 6. The third-order valence-electron chi connectivity index (χ3n) is 4.48. The van der Waals surface area contributed by atoms with Crippen molar-refractivity contribution in [1.82, 2.24) is 0 Å². The van der Waals surface area contributed by atoms with Crippen LogP contribution in [0.3, 0.4) is 0 Å². The summed E-state index contributed by atoms with van der Waals surface area (Å²) in [5.41, 5.74) is -0.289. The van der Waals surface area contributed by atoms with Gasteiger partial charge >= 0.3 is 0 Å². The fourth-order valence-electron chi connectivity index (χ4n) is 3.43. The highest BCUT2D eigenvalue weighted by atomic mass is 16.5. The summed E-state index contributed by atoms with van der Waals surface area (Å²) in [6.07, 6.45) is -5.01. The molecule has 6 nitrogen and oxygen atoms in total. The quantitative estimate of drug-likeness (QED) is 0.436. The van der Waals surface area contributed by atoms with E-state index in [1.165, 1.54) is 0 Å². The first-order chi connectivity index (χ1) is 9.54. The summed E-state index contributed by atoms with van der Waals surface area (Å²) < 4.78 is 5.64. The largest absolute Gasteiger partial charge is 0.396 e. The topological polar surface area (TPSA) is 110 Å². The lowest BCUT2D eigenvalue weighted by Crippen LogP contribution is -2.61. The van der Waals surface area contributed by atoms with Crippen LogP contribution < -0.4 is 0 Å². The highest BCUT2D eigenvalue weighted by Crippen LogP contribution is 2.54. The van der Waals surface area contributed by atoms with Gasteiger partial charge in [-0.25, -0.2) is 0 Å². The molecule has 6 unspecified atom stereocenters. The van der Waals surface area contributed by atoms with Gasteiger partial charge in [0.1, 0.15) is 23.9 Å². The van der Waals surface area contributed by atoms with Crippen LogP contribution in [0.15, 0.2) is 24.3 Å². The summed E-state index contributed by atoms with van der Waals surface area (Å²) >= 11 is 0. The van der Waals surface area contributed by atoms with Gasteiger partial charge in [0.25, 0.3) is 0 Å². The molecule has 6 heteroatoms. The molecule has 1 aromatic rings. The molecule has 1 aliphatic carbocycles. The minimum Gasteiger partial charge on any atom is -0.396 e. The Morgan fingerprint density at radius 3 is 2.55 bits per heavy atom. The van der Waals surface area contributed by atoms with Gasteiger partial charge in [0, 0.05) is 5.92 Å². The zero-order valence-electron chi connectivity index (χ0n) is 10.8. The van der Waals surface area contributed by atoms with E-state index in [9.17, 15) is 25.5 Å². The second-order valence-electron chi connectivity index (χ2n) is 5.43. The van der Waals surface area contributed by atoms with E-state index in [4.69, 9.17) is 4.74 Å². The normalized spacial score (nSPS) is 43.8. The Balaban J connectivity index is 2.15. The van der Waals surface area contributed by atoms with Crippen molar-refractivity contribution in [3.63, 3.8) is 0 Å². The van der Waals surface area contributed by atoms with E-state index >= 15 is 0 Å². The predicted molar refractivity (Wildman–Crippen MR) is 67.6 cm³/mol. The van der Waals surface area contributed by atoms with Gasteiger partial charge in [-0.2, -0.15) is 0 Å². The molecule has 110 valence electrons. The zero-order chi connectivity index (χ0) is 14.5. The maximum absolute atomic E-state index is 10.4. The number of ether oxygens (including phenoxy) is 1. The van der Waals surface area contributed by atoms with E-state index in [0.717, 1.165) is 0 Å². The van der Waals surface area contributed by atoms with Crippen molar-refractivity contribution in [3.05, 3.63) is 35.4 Å². The number of fused-ring (bicyclic) bond motifs is 2. The lowest BCUT2D eigenvalue weighted by atomic mass is 9.77. The minimum absolute atomic E-state index is 0.171. The van der Waals surface area contributed by atoms with Crippen LogP contribution in [0.4, 0.5) is 0 Å². The average molecular weight is 282 g/mol. The molecule has 1 aromatic carbocycles. The number of aliphatic hydroxyl groups is 5. The summed E-state index contributed by atoms with van der Waals surface area (Å²) in [5, 5.41) is 49.9. The third kappa shape index (κ3) is 1.60. The maximum atomic E-state index is 10.4. The lowest BCUT2D eigenvalue weighted by Gasteiger charge is -2.47. The predicted octanol–water partition coefficient (Wildman–Crippen LogP) is -1.35. The summed E-state index contributed by atoms with van der Waals surface area (Å²) in [7, 11) is 0. The van der Waals surface area contributed by atoms with Crippen LogP contribution in [0.5, 0.6) is 0 Å². The zero-order valence-corrected chi connectivity index (χ0v) is 10.8. The van der Waals surface area contributed by atoms with Gasteiger partial charge in [-0.15, -0.1) is 0 Å². The van der Waals surface area contributed by atoms with Crippen molar-refractivity contribution in [3.8, 4) is 0 Å². The first kappa shape index (κ1) is 13.9. The van der Waals surface area contributed by atoms with Crippen LogP contribution in [0, 0.1) is 5.92 Å². The standard InChI is InChI=1S/C14H18O6/c15-5-9-11(17)7-3-1-2-4-8(7)14(9)13(19)12(18)10(16)6-20-14/h1-4,9-13,15-19H,5-6H2. The third-order valence-corrected chi connectivity index (χ3v) is 4.48. The number of benzene rings is 1. The van der Waals surface area contributed by atoms with E-state index in [1.807, 2.05) is 0 Å². The fraction of sp³-hybridized carbons (Fsp3) is 0.571. The molecule has 0 bridgehead atoms. The van der Waals surface area contributed by atoms with Crippen LogP contribution >= 0.6 is 0 Å². The molecule has 1 heterocycles. The molecule has 0 radical (unpaired) electrons. The van der Waals surface area contributed by atoms with Crippen LogP contribution in [0.2, 0.25) is 0 Å². The summed E-state index contributed by atoms with van der Waals surface area (Å²) in [6.45, 7) is -0.578. The van der Waals surface area contributed by atoms with Gasteiger partial charge < -0.3 is 30.3 Å². The molecule has 1 saturated heterocycles. The van der Waals surface area contributed by atoms with E-state index < -0.39 is 42.5 Å². The molecule has 20 heavy (non-hydrogen) atoms. The molecule has 2 aliphatic rings. The van der Waals surface area contributed by atoms with Crippen molar-refractivity contribution in [1.29, 1.82) is 0 Å². The molecule has 5 N–H and O–H groups in total. The summed E-state index contributed by atoms with van der Waals surface area (Å²) in [5.74, 6) is -0.794. The minimum atomic E-state index is -1.43. The molecule has 6 atom stereocenters. The van der Waals surface area contributed by atoms with Gasteiger partial charge in [-0.05, 0) is 11.1 Å². The molecule has 0 aromatic heterocycles. The summed E-state index contributed by atoms with van der Waals surface area (Å²) in [6, 6.07) is 6.88. The van der Waals surface area contributed by atoms with Crippen molar-refractivity contribution in [2.45, 2.75) is 30.0 Å². The molecule has 3 rings (SSSR count). The number of rotatable bonds is 1. The van der Waals surface area contributed by atoms with Crippen LogP contribution in [-0.4, -0.2) is 57.1 Å². The second-order valence-corrected chi connectivity index (χ2v) is 5.43. The molecule has 0 amide bonds. The van der Waals surface area contributed by atoms with Crippen molar-refractivity contribution < 1.29 is 30.3 Å². The van der Waals surface area contributed by atoms with Gasteiger partial charge in [0.15, 0.2) is 0 Å². The smallest absolute Gasteiger partial charge is 0.130 e. The Hall–Kier alpha value is -1.02. The first-order valence-corrected chi connectivity index (χ1v) is 6.60. The Bertz CT molecular complexity index is 506. The monoisotopic (exact) mass is 282 g/mol. The molecule has 1 fully saturated rings. The molecule has 0 saturated carbocycles. The van der Waals surface area contributed by atoms with E-state index in [-0.39, 0.29) is 6.61 Å². The molecule has 1 spiro atoms. The lowest BCUT2D eigenvalue weighted by molar-refractivity contribution is -0.268. The Labute approximate surface area is 115 Å². The van der Waals surface area contributed by atoms with E-state index in [0.29, 0.717) is 11.1 Å². The van der Waals surface area contributed by atoms with E-state index in [1.54, 1.807) is 24.3 Å². The van der Waals surface area contributed by atoms with Crippen LogP contribution in [-0.2, 0) is 10.3 Å². The second kappa shape index (κ2) is 4.77. The summed E-state index contributed by atoms with van der Waals surface area (Å²) in [4.78, 5) is 0. The Morgan fingerprint density at radius 1 is 1.15 bits per heavy atom. The molecular weight excluding hydrogens is 264 g/mol. The Kier molecular flexibility index (Phi) is 3.32. The van der Waals surface area contributed by atoms with Crippen LogP contribution in [0.1, 0.15) is 17.2 Å². The Morgan fingerprint density at radius 2 is 1.85 bits per heavy atom. The van der Waals surface area contributed by atoms with Crippen molar-refractivity contribution in [2.75, 3.05) is 13.2 Å². The van der Waals surface area contributed by atoms with E-state index in [2.05, 4.69) is 0 Å². The van der Waals surface area contributed by atoms with Crippen molar-refractivity contribution in [2.24, 2.45) is 5.92 Å². The highest BCUT2D eigenvalue weighted by molar-refractivity contribution is 5.43. The van der Waals surface area contributed by atoms with Crippen molar-refractivity contribution >= 4 is 0 Å². The number of aliphatic hydroxyl groups excluding tert-OH is 5. The van der Waals surface area contributed by atoms with Gasteiger partial charge in [0.05, 0.1) is 19.3 Å².